The number of carbonyl (C=O) groups is 1. The second-order valence-corrected chi connectivity index (χ2v) is 5.59. The van der Waals surface area contributed by atoms with Gasteiger partial charge < -0.3 is 15.2 Å². The molecule has 1 amide bonds. The van der Waals surface area contributed by atoms with E-state index in [1.54, 1.807) is 0 Å². The topological polar surface area (TPSA) is 105 Å². The normalized spacial score (nSPS) is 10.8. The standard InChI is InChI=1S/C17H20N6O2/c1-3-11-6-5-7-12(8-11)20-13(24)9-23-10-19-15-14(23)16(25)22-17(21-15)18-4-2/h5-8,10H,3-4,9H2,1-2H3,(H,20,24)(H2,18,21,22,25). The van der Waals surface area contributed by atoms with E-state index in [1.165, 1.54) is 10.9 Å². The van der Waals surface area contributed by atoms with Crippen LogP contribution in [0.2, 0.25) is 0 Å². The van der Waals surface area contributed by atoms with Crippen molar-refractivity contribution in [1.82, 2.24) is 19.5 Å². The van der Waals surface area contributed by atoms with Crippen LogP contribution in [-0.2, 0) is 17.8 Å². The lowest BCUT2D eigenvalue weighted by Crippen LogP contribution is -2.21. The van der Waals surface area contributed by atoms with Crippen molar-refractivity contribution < 1.29 is 4.79 Å². The maximum Gasteiger partial charge on any atom is 0.278 e. The molecule has 0 fully saturated rings. The van der Waals surface area contributed by atoms with E-state index in [2.05, 4.69) is 32.5 Å². The quantitative estimate of drug-likeness (QED) is 0.634. The molecular weight excluding hydrogens is 320 g/mol. The minimum atomic E-state index is -0.334. The van der Waals surface area contributed by atoms with Crippen molar-refractivity contribution in [3.8, 4) is 0 Å². The number of imidazole rings is 1. The van der Waals surface area contributed by atoms with Gasteiger partial charge in [-0.05, 0) is 31.0 Å². The zero-order valence-corrected chi connectivity index (χ0v) is 14.2. The van der Waals surface area contributed by atoms with E-state index < -0.39 is 0 Å². The van der Waals surface area contributed by atoms with E-state index in [4.69, 9.17) is 0 Å². The van der Waals surface area contributed by atoms with E-state index in [9.17, 15) is 9.59 Å². The Hall–Kier alpha value is -3.16. The van der Waals surface area contributed by atoms with Crippen molar-refractivity contribution in [2.45, 2.75) is 26.8 Å². The second-order valence-electron chi connectivity index (χ2n) is 5.59. The molecule has 3 rings (SSSR count). The largest absolute Gasteiger partial charge is 0.356 e. The molecule has 0 spiro atoms. The van der Waals surface area contributed by atoms with Gasteiger partial charge in [0.15, 0.2) is 11.2 Å². The van der Waals surface area contributed by atoms with E-state index in [-0.39, 0.29) is 23.5 Å². The SMILES string of the molecule is CCNc1nc2ncn(CC(=O)Nc3cccc(CC)c3)c2c(=O)[nH]1. The van der Waals surface area contributed by atoms with Crippen LogP contribution in [0, 0.1) is 0 Å². The summed E-state index contributed by atoms with van der Waals surface area (Å²) in [6, 6.07) is 7.67. The number of hydrogen-bond donors (Lipinski definition) is 3. The molecule has 0 aliphatic carbocycles. The summed E-state index contributed by atoms with van der Waals surface area (Å²) >= 11 is 0. The van der Waals surface area contributed by atoms with Crippen molar-refractivity contribution in [3.05, 3.63) is 46.5 Å². The Morgan fingerprint density at radius 2 is 2.16 bits per heavy atom. The van der Waals surface area contributed by atoms with Crippen molar-refractivity contribution in [2.75, 3.05) is 17.2 Å². The number of H-pyrrole nitrogens is 1. The Morgan fingerprint density at radius 3 is 2.92 bits per heavy atom. The summed E-state index contributed by atoms with van der Waals surface area (Å²) in [7, 11) is 0. The fourth-order valence-corrected chi connectivity index (χ4v) is 2.58. The molecule has 0 atom stereocenters. The average Bonchev–Trinajstić information content (AvgIpc) is 2.98. The third kappa shape index (κ3) is 3.68. The van der Waals surface area contributed by atoms with Crippen LogP contribution in [0.5, 0.6) is 0 Å². The van der Waals surface area contributed by atoms with Gasteiger partial charge in [0.2, 0.25) is 11.9 Å². The number of benzene rings is 1. The van der Waals surface area contributed by atoms with Gasteiger partial charge in [0.25, 0.3) is 5.56 Å². The van der Waals surface area contributed by atoms with Gasteiger partial charge in [-0.15, -0.1) is 0 Å². The number of nitrogens with zero attached hydrogens (tertiary/aromatic N) is 3. The number of nitrogens with one attached hydrogen (secondary N) is 3. The monoisotopic (exact) mass is 340 g/mol. The minimum Gasteiger partial charge on any atom is -0.356 e. The molecule has 0 aliphatic rings. The van der Waals surface area contributed by atoms with Crippen LogP contribution in [0.3, 0.4) is 0 Å². The van der Waals surface area contributed by atoms with Gasteiger partial charge in [0, 0.05) is 12.2 Å². The summed E-state index contributed by atoms with van der Waals surface area (Å²) in [5, 5.41) is 5.78. The summed E-state index contributed by atoms with van der Waals surface area (Å²) in [4.78, 5) is 35.5. The van der Waals surface area contributed by atoms with Crippen LogP contribution in [0.25, 0.3) is 11.2 Å². The number of fused-ring (bicyclic) bond motifs is 1. The molecular formula is C17H20N6O2. The summed E-state index contributed by atoms with van der Waals surface area (Å²) in [6.45, 7) is 4.58. The van der Waals surface area contributed by atoms with E-state index >= 15 is 0 Å². The molecule has 130 valence electrons. The molecule has 8 nitrogen and oxygen atoms in total. The molecule has 25 heavy (non-hydrogen) atoms. The van der Waals surface area contributed by atoms with Gasteiger partial charge >= 0.3 is 0 Å². The zero-order valence-electron chi connectivity index (χ0n) is 14.2. The highest BCUT2D eigenvalue weighted by Gasteiger charge is 2.13. The first kappa shape index (κ1) is 16.7. The molecule has 3 aromatic rings. The van der Waals surface area contributed by atoms with E-state index in [1.807, 2.05) is 31.2 Å². The number of carbonyl (C=O) groups excluding carboxylic acids is 1. The molecule has 0 unspecified atom stereocenters. The third-order valence-electron chi connectivity index (χ3n) is 3.76. The number of amides is 1. The predicted molar refractivity (Wildman–Crippen MR) is 96.8 cm³/mol. The minimum absolute atomic E-state index is 0.0157. The molecule has 0 saturated carbocycles. The maximum absolute atomic E-state index is 12.3. The number of rotatable bonds is 6. The molecule has 2 aromatic heterocycles. The number of aryl methyl sites for hydroxylation is 1. The lowest BCUT2D eigenvalue weighted by molar-refractivity contribution is -0.116. The molecule has 2 heterocycles. The Morgan fingerprint density at radius 1 is 1.32 bits per heavy atom. The first-order valence-corrected chi connectivity index (χ1v) is 8.18. The number of anilines is 2. The summed E-state index contributed by atoms with van der Waals surface area (Å²) in [5.74, 6) is 0.133. The van der Waals surface area contributed by atoms with Crippen LogP contribution < -0.4 is 16.2 Å². The summed E-state index contributed by atoms with van der Waals surface area (Å²) < 4.78 is 1.50. The molecule has 0 bridgehead atoms. The van der Waals surface area contributed by atoms with Gasteiger partial charge in [-0.25, -0.2) is 4.98 Å². The number of hydrogen-bond acceptors (Lipinski definition) is 5. The zero-order chi connectivity index (χ0) is 17.8. The first-order chi connectivity index (χ1) is 12.1. The van der Waals surface area contributed by atoms with Gasteiger partial charge in [0.05, 0.1) is 6.33 Å². The Kier molecular flexibility index (Phi) is 4.78. The van der Waals surface area contributed by atoms with Crippen molar-refractivity contribution >= 4 is 28.7 Å². The molecule has 3 N–H and O–H groups in total. The van der Waals surface area contributed by atoms with Gasteiger partial charge in [-0.2, -0.15) is 4.98 Å². The predicted octanol–water partition coefficient (Wildman–Crippen LogP) is 1.75. The summed E-state index contributed by atoms with van der Waals surface area (Å²) in [5.41, 5.74) is 2.12. The molecule has 0 saturated heterocycles. The first-order valence-electron chi connectivity index (χ1n) is 8.18. The molecule has 0 aliphatic heterocycles. The van der Waals surface area contributed by atoms with Crippen molar-refractivity contribution in [1.29, 1.82) is 0 Å². The highest BCUT2D eigenvalue weighted by atomic mass is 16.2. The van der Waals surface area contributed by atoms with E-state index in [0.29, 0.717) is 18.1 Å². The average molecular weight is 340 g/mol. The van der Waals surface area contributed by atoms with Crippen LogP contribution in [-0.4, -0.2) is 32.0 Å². The van der Waals surface area contributed by atoms with Gasteiger partial charge in [0.1, 0.15) is 6.54 Å². The fraction of sp³-hybridized carbons (Fsp3) is 0.294. The molecule has 1 aromatic carbocycles. The highest BCUT2D eigenvalue weighted by Crippen LogP contribution is 2.12. The Labute approximate surface area is 144 Å². The second kappa shape index (κ2) is 7.16. The van der Waals surface area contributed by atoms with Gasteiger partial charge in [-0.1, -0.05) is 19.1 Å². The Bertz CT molecular complexity index is 959. The number of aromatic amines is 1. The maximum atomic E-state index is 12.3. The molecule has 0 radical (unpaired) electrons. The Balaban J connectivity index is 1.80. The lowest BCUT2D eigenvalue weighted by atomic mass is 10.1. The van der Waals surface area contributed by atoms with Crippen LogP contribution in [0.4, 0.5) is 11.6 Å². The lowest BCUT2D eigenvalue weighted by Gasteiger charge is -2.08. The smallest absolute Gasteiger partial charge is 0.278 e. The van der Waals surface area contributed by atoms with E-state index in [0.717, 1.165) is 17.7 Å². The third-order valence-corrected chi connectivity index (χ3v) is 3.76. The van der Waals surface area contributed by atoms with Crippen LogP contribution in [0.1, 0.15) is 19.4 Å². The number of aromatic nitrogens is 4. The molecule has 8 heteroatoms. The fourth-order valence-electron chi connectivity index (χ4n) is 2.58. The van der Waals surface area contributed by atoms with Crippen LogP contribution in [0.15, 0.2) is 35.4 Å². The van der Waals surface area contributed by atoms with Crippen molar-refractivity contribution in [2.24, 2.45) is 0 Å². The van der Waals surface area contributed by atoms with Crippen molar-refractivity contribution in [3.63, 3.8) is 0 Å². The van der Waals surface area contributed by atoms with Crippen LogP contribution >= 0.6 is 0 Å². The van der Waals surface area contributed by atoms with Gasteiger partial charge in [-0.3, -0.25) is 14.6 Å². The summed E-state index contributed by atoms with van der Waals surface area (Å²) in [6.07, 6.45) is 2.34. The highest BCUT2D eigenvalue weighted by molar-refractivity contribution is 5.91.